The second kappa shape index (κ2) is 6.27. The van der Waals surface area contributed by atoms with E-state index in [0.29, 0.717) is 0 Å². The van der Waals surface area contributed by atoms with Gasteiger partial charge < -0.3 is 20.8 Å². The maximum Gasteiger partial charge on any atom is 0.320 e. The van der Waals surface area contributed by atoms with Crippen molar-refractivity contribution in [2.45, 2.75) is 25.0 Å². The average Bonchev–Trinajstić information content (AvgIpc) is 2.51. The highest BCUT2D eigenvalue weighted by Crippen LogP contribution is 2.20. The molecule has 5 nitrogen and oxygen atoms in total. The molecule has 1 aliphatic rings. The van der Waals surface area contributed by atoms with Gasteiger partial charge >= 0.3 is 5.97 Å². The molecule has 1 aliphatic heterocycles. The minimum absolute atomic E-state index is 0. The molecule has 0 bridgehead atoms. The Labute approximate surface area is 95.7 Å². The molecule has 6 heteroatoms. The first-order valence-corrected chi connectivity index (χ1v) is 4.85. The number of aliphatic hydroxyl groups is 1. The number of aliphatic carboxylic acids is 1. The zero-order valence-corrected chi connectivity index (χ0v) is 9.61. The van der Waals surface area contributed by atoms with E-state index in [9.17, 15) is 9.90 Å². The van der Waals surface area contributed by atoms with Gasteiger partial charge in [-0.25, -0.2) is 0 Å². The van der Waals surface area contributed by atoms with E-state index in [-0.39, 0.29) is 24.7 Å². The molecule has 0 aliphatic carbocycles. The van der Waals surface area contributed by atoms with Crippen LogP contribution in [0.2, 0.25) is 0 Å². The molecule has 0 amide bonds. The molecule has 0 saturated carbocycles. The molecule has 0 aromatic heterocycles. The molecule has 3 unspecified atom stereocenters. The second-order valence-corrected chi connectivity index (χ2v) is 4.06. The summed E-state index contributed by atoms with van der Waals surface area (Å²) >= 11 is 0. The molecule has 1 fully saturated rings. The summed E-state index contributed by atoms with van der Waals surface area (Å²) in [5.74, 6) is -0.874. The Morgan fingerprint density at radius 3 is 2.67 bits per heavy atom. The lowest BCUT2D eigenvalue weighted by atomic mass is 9.96. The van der Waals surface area contributed by atoms with Crippen LogP contribution in [0.3, 0.4) is 0 Å². The molecule has 0 aromatic rings. The van der Waals surface area contributed by atoms with Crippen LogP contribution in [0.15, 0.2) is 0 Å². The molecule has 1 saturated heterocycles. The summed E-state index contributed by atoms with van der Waals surface area (Å²) in [4.78, 5) is 12.6. The number of nitrogens with zero attached hydrogens (tertiary/aromatic N) is 1. The van der Waals surface area contributed by atoms with Crippen LogP contribution < -0.4 is 5.73 Å². The van der Waals surface area contributed by atoms with E-state index >= 15 is 0 Å². The Hall–Kier alpha value is -0.360. The van der Waals surface area contributed by atoms with E-state index in [1.165, 1.54) is 0 Å². The molecule has 0 aromatic carbocycles. The Bertz CT molecular complexity index is 216. The first kappa shape index (κ1) is 14.6. The van der Waals surface area contributed by atoms with Gasteiger partial charge in [0.2, 0.25) is 0 Å². The molecule has 1 rings (SSSR count). The fourth-order valence-corrected chi connectivity index (χ4v) is 1.84. The van der Waals surface area contributed by atoms with Crippen molar-refractivity contribution in [1.29, 1.82) is 0 Å². The zero-order valence-electron chi connectivity index (χ0n) is 8.80. The van der Waals surface area contributed by atoms with Crippen LogP contribution in [-0.4, -0.2) is 53.4 Å². The first-order chi connectivity index (χ1) is 6.50. The largest absolute Gasteiger partial charge is 0.480 e. The highest BCUT2D eigenvalue weighted by atomic mass is 35.5. The molecular weight excluding hydrogens is 220 g/mol. The van der Waals surface area contributed by atoms with Crippen molar-refractivity contribution >= 4 is 18.4 Å². The average molecular weight is 239 g/mol. The number of halogens is 1. The van der Waals surface area contributed by atoms with Gasteiger partial charge in [-0.05, 0) is 32.4 Å². The lowest BCUT2D eigenvalue weighted by molar-refractivity contribution is -0.139. The fourth-order valence-electron chi connectivity index (χ4n) is 1.84. The van der Waals surface area contributed by atoms with Crippen LogP contribution in [0.4, 0.5) is 0 Å². The monoisotopic (exact) mass is 238 g/mol. The van der Waals surface area contributed by atoms with Crippen LogP contribution in [-0.2, 0) is 4.79 Å². The van der Waals surface area contributed by atoms with Gasteiger partial charge in [-0.3, -0.25) is 4.79 Å². The Morgan fingerprint density at radius 2 is 2.27 bits per heavy atom. The van der Waals surface area contributed by atoms with Crippen molar-refractivity contribution in [3.8, 4) is 0 Å². The van der Waals surface area contributed by atoms with Gasteiger partial charge in [0.05, 0.1) is 6.10 Å². The Kier molecular flexibility index (Phi) is 6.12. The van der Waals surface area contributed by atoms with Gasteiger partial charge in [0.1, 0.15) is 6.04 Å². The predicted molar refractivity (Wildman–Crippen MR) is 59.1 cm³/mol. The molecule has 90 valence electrons. The highest BCUT2D eigenvalue weighted by molar-refractivity contribution is 5.85. The number of hydrogen-bond acceptors (Lipinski definition) is 4. The number of carboxylic acid groups (broad SMARTS) is 1. The molecule has 1 heterocycles. The van der Waals surface area contributed by atoms with E-state index in [2.05, 4.69) is 4.90 Å². The summed E-state index contributed by atoms with van der Waals surface area (Å²) in [7, 11) is 1.99. The molecule has 3 atom stereocenters. The number of carbonyl (C=O) groups is 1. The van der Waals surface area contributed by atoms with Crippen molar-refractivity contribution in [2.75, 3.05) is 20.1 Å². The van der Waals surface area contributed by atoms with Gasteiger partial charge in [0, 0.05) is 6.54 Å². The third-order valence-electron chi connectivity index (χ3n) is 2.78. The highest BCUT2D eigenvalue weighted by Gasteiger charge is 2.28. The van der Waals surface area contributed by atoms with Crippen LogP contribution >= 0.6 is 12.4 Å². The number of rotatable bonds is 4. The van der Waals surface area contributed by atoms with Crippen molar-refractivity contribution < 1.29 is 15.0 Å². The minimum Gasteiger partial charge on any atom is -0.480 e. The van der Waals surface area contributed by atoms with Gasteiger partial charge in [0.15, 0.2) is 0 Å². The third-order valence-corrected chi connectivity index (χ3v) is 2.78. The van der Waals surface area contributed by atoms with Crippen LogP contribution in [0.25, 0.3) is 0 Å². The van der Waals surface area contributed by atoms with Crippen LogP contribution in [0.1, 0.15) is 12.8 Å². The van der Waals surface area contributed by atoms with Crippen LogP contribution in [0.5, 0.6) is 0 Å². The van der Waals surface area contributed by atoms with Crippen molar-refractivity contribution in [3.63, 3.8) is 0 Å². The lowest BCUT2D eigenvalue weighted by Crippen LogP contribution is -2.37. The molecule has 0 spiro atoms. The standard InChI is InChI=1S/C9H18N2O3.ClH/c1-11-3-2-6(5-11)8(12)4-7(10)9(13)14;/h6-8,12H,2-5,10H2,1H3,(H,13,14);1H. The quantitative estimate of drug-likeness (QED) is 0.616. The Balaban J connectivity index is 0.00000196. The van der Waals surface area contributed by atoms with Crippen molar-refractivity contribution in [3.05, 3.63) is 0 Å². The third kappa shape index (κ3) is 4.34. The Morgan fingerprint density at radius 1 is 1.67 bits per heavy atom. The van der Waals surface area contributed by atoms with Gasteiger partial charge in [-0.15, -0.1) is 12.4 Å². The van der Waals surface area contributed by atoms with E-state index in [4.69, 9.17) is 10.8 Å². The van der Waals surface area contributed by atoms with E-state index in [1.807, 2.05) is 7.05 Å². The van der Waals surface area contributed by atoms with E-state index in [1.54, 1.807) is 0 Å². The van der Waals surface area contributed by atoms with Gasteiger partial charge in [0.25, 0.3) is 0 Å². The smallest absolute Gasteiger partial charge is 0.320 e. The second-order valence-electron chi connectivity index (χ2n) is 4.06. The number of aliphatic hydroxyl groups excluding tert-OH is 1. The van der Waals surface area contributed by atoms with Gasteiger partial charge in [-0.1, -0.05) is 0 Å². The summed E-state index contributed by atoms with van der Waals surface area (Å²) in [6.45, 7) is 1.79. The number of likely N-dealkylation sites (tertiary alicyclic amines) is 1. The van der Waals surface area contributed by atoms with E-state index in [0.717, 1.165) is 19.5 Å². The molecule has 4 N–H and O–H groups in total. The predicted octanol–water partition coefficient (Wildman–Crippen LogP) is -0.477. The maximum absolute atomic E-state index is 10.5. The minimum atomic E-state index is -1.05. The molecule has 0 radical (unpaired) electrons. The van der Waals surface area contributed by atoms with Crippen LogP contribution in [0, 0.1) is 5.92 Å². The lowest BCUT2D eigenvalue weighted by Gasteiger charge is -2.19. The normalized spacial score (nSPS) is 25.7. The maximum atomic E-state index is 10.5. The first-order valence-electron chi connectivity index (χ1n) is 4.85. The summed E-state index contributed by atoms with van der Waals surface area (Å²) in [5, 5.41) is 18.3. The van der Waals surface area contributed by atoms with Crippen molar-refractivity contribution in [1.82, 2.24) is 4.90 Å². The zero-order chi connectivity index (χ0) is 10.7. The summed E-state index contributed by atoms with van der Waals surface area (Å²) < 4.78 is 0. The summed E-state index contributed by atoms with van der Waals surface area (Å²) in [6, 6.07) is -0.948. The SMILES string of the molecule is CN1CCC(C(O)CC(N)C(=O)O)C1.Cl. The molecule has 15 heavy (non-hydrogen) atoms. The summed E-state index contributed by atoms with van der Waals surface area (Å²) in [6.07, 6.45) is 0.476. The summed E-state index contributed by atoms with van der Waals surface area (Å²) in [5.41, 5.74) is 5.35. The fraction of sp³-hybridized carbons (Fsp3) is 0.889. The number of hydrogen-bond donors (Lipinski definition) is 3. The van der Waals surface area contributed by atoms with E-state index < -0.39 is 18.1 Å². The van der Waals surface area contributed by atoms with Gasteiger partial charge in [-0.2, -0.15) is 0 Å². The number of carboxylic acids is 1. The topological polar surface area (TPSA) is 86.8 Å². The number of nitrogens with two attached hydrogens (primary N) is 1. The molecular formula is C9H19ClN2O3. The van der Waals surface area contributed by atoms with Crippen molar-refractivity contribution in [2.24, 2.45) is 11.7 Å².